The highest BCUT2D eigenvalue weighted by atomic mass is 16.5. The monoisotopic (exact) mass is 1150 g/mol. The van der Waals surface area contributed by atoms with Crippen LogP contribution in [-0.4, -0.2) is 192 Å². The minimum absolute atomic E-state index is 0.0767. The molecule has 3 saturated heterocycles. The molecule has 0 spiro atoms. The quantitative estimate of drug-likeness (QED) is 0.0674. The van der Waals surface area contributed by atoms with Gasteiger partial charge in [-0.15, -0.1) is 0 Å². The Labute approximate surface area is 480 Å². The maximum Gasteiger partial charge on any atom is 0.264 e. The van der Waals surface area contributed by atoms with Crippen LogP contribution in [0, 0.1) is 5.92 Å². The molecule has 13 N–H and O–H groups in total. The van der Waals surface area contributed by atoms with E-state index in [-0.39, 0.29) is 24.3 Å². The number of hydrogen-bond donors (Lipinski definition) is 12. The van der Waals surface area contributed by atoms with Crippen LogP contribution in [0.5, 0.6) is 11.5 Å². The first kappa shape index (κ1) is 62.6. The Hall–Kier alpha value is -8.00. The molecule has 24 nitrogen and oxygen atoms in total. The van der Waals surface area contributed by atoms with Crippen LogP contribution in [-0.2, 0) is 40.0 Å². The van der Waals surface area contributed by atoms with Gasteiger partial charge in [0.15, 0.2) is 0 Å². The molecule has 12 atom stereocenters. The number of carbonyl (C=O) groups is 8. The second-order valence-corrected chi connectivity index (χ2v) is 21.5. The van der Waals surface area contributed by atoms with E-state index >= 15 is 0 Å². The van der Waals surface area contributed by atoms with Gasteiger partial charge in [0.1, 0.15) is 47.8 Å². The highest BCUT2D eigenvalue weighted by Gasteiger charge is 2.50. The lowest BCUT2D eigenvalue weighted by Crippen LogP contribution is -2.64. The summed E-state index contributed by atoms with van der Waals surface area (Å²) in [6.07, 6.45) is -6.28. The second-order valence-electron chi connectivity index (χ2n) is 21.5. The van der Waals surface area contributed by atoms with Gasteiger partial charge in [-0.25, -0.2) is 0 Å². The van der Waals surface area contributed by atoms with Crippen LogP contribution < -0.4 is 37.2 Å². The Balaban J connectivity index is 1.19. The van der Waals surface area contributed by atoms with Gasteiger partial charge in [-0.05, 0) is 90.9 Å². The SMILES string of the molecule is CCCCCOc1ccc(-c2ccc(-c3ccc(C(=O)NC4CCN(C(=O)CN)NC(=O)[C@@H]5[C@@H](O)[C@@H](C)CN5C(=O)[C@H](C(C)O)NC(=O)[C@H]([C@H](O)Cc5ccc(O)cc5)NC(=O)[C@@H]5C[C@@H](O)CN5C(=O)[C@H](C(C)O)NC4=O)cc3)cc2)cc1. The lowest BCUT2D eigenvalue weighted by atomic mass is 9.99. The van der Waals surface area contributed by atoms with Crippen molar-refractivity contribution in [3.63, 3.8) is 0 Å². The summed E-state index contributed by atoms with van der Waals surface area (Å²) in [6.45, 7) is 4.50. The van der Waals surface area contributed by atoms with Gasteiger partial charge in [-0.1, -0.05) is 87.4 Å². The molecule has 3 aliphatic heterocycles. The molecule has 0 aromatic heterocycles. The summed E-state index contributed by atoms with van der Waals surface area (Å²) in [5, 5.41) is 76.7. The number of carbonyl (C=O) groups excluding carboxylic acids is 8. The van der Waals surface area contributed by atoms with Crippen molar-refractivity contribution in [1.82, 2.24) is 41.5 Å². The molecule has 3 aliphatic rings. The van der Waals surface area contributed by atoms with E-state index in [1.165, 1.54) is 43.3 Å². The maximum atomic E-state index is 14.6. The first-order valence-electron chi connectivity index (χ1n) is 27.8. The van der Waals surface area contributed by atoms with E-state index < -0.39 is 152 Å². The number of aliphatic hydroxyl groups is 5. The standard InChI is InChI=1S/C59H75N9O15/c1-5-6-7-26-83-43-22-18-39(19-23-43)37-12-10-36(11-13-37)38-14-16-40(17-15-38)53(76)61-44-24-25-68(47(74)29-60)65-57(80)51-52(75)32(2)30-67(51)59(82)49(34(4)70)63-56(79)50(46(73)27-35-8-20-41(71)21-9-35)64-55(78)45-28-42(72)31-66(45)58(81)48(33(3)69)62-54(44)77/h8-23,32-34,42,44-46,48-52,69-73,75H,5-7,24-31,60H2,1-4H3,(H,61,76)(H,62,77)(H,63,79)(H,64,78)(H,65,80)/t32-,33?,34?,42+,44?,45-,46+,48-,49-,50-,51-,52-/m0/s1. The number of nitrogens with two attached hydrogens (primary N) is 1. The Kier molecular flexibility index (Phi) is 21.4. The number of rotatable bonds is 15. The van der Waals surface area contributed by atoms with Crippen LogP contribution in [0.2, 0.25) is 0 Å². The number of ether oxygens (including phenoxy) is 1. The summed E-state index contributed by atoms with van der Waals surface area (Å²) in [4.78, 5) is 116. The van der Waals surface area contributed by atoms with Gasteiger partial charge in [0.25, 0.3) is 17.7 Å². The van der Waals surface area contributed by atoms with E-state index in [0.29, 0.717) is 17.2 Å². The fourth-order valence-electron chi connectivity index (χ4n) is 10.3. The van der Waals surface area contributed by atoms with Crippen molar-refractivity contribution in [3.8, 4) is 33.8 Å². The number of hydrogen-bond acceptors (Lipinski definition) is 16. The third kappa shape index (κ3) is 15.6. The van der Waals surface area contributed by atoms with Crippen LogP contribution in [0.1, 0.15) is 75.7 Å². The van der Waals surface area contributed by atoms with E-state index in [4.69, 9.17) is 10.5 Å². The first-order chi connectivity index (χ1) is 39.6. The molecule has 24 heteroatoms. The highest BCUT2D eigenvalue weighted by Crippen LogP contribution is 2.29. The fraction of sp³-hybridized carbons (Fsp3) is 0.458. The van der Waals surface area contributed by atoms with Crippen molar-refractivity contribution < 1.29 is 73.7 Å². The van der Waals surface area contributed by atoms with E-state index in [1.54, 1.807) is 12.1 Å². The Morgan fingerprint density at radius 1 is 0.699 bits per heavy atom. The van der Waals surface area contributed by atoms with Gasteiger partial charge in [0, 0.05) is 44.0 Å². The first-order valence-corrected chi connectivity index (χ1v) is 27.8. The largest absolute Gasteiger partial charge is 0.508 e. The van der Waals surface area contributed by atoms with Crippen LogP contribution >= 0.6 is 0 Å². The average molecular weight is 1150 g/mol. The van der Waals surface area contributed by atoms with Crippen molar-refractivity contribution >= 4 is 47.3 Å². The molecule has 446 valence electrons. The van der Waals surface area contributed by atoms with Crippen LogP contribution in [0.3, 0.4) is 0 Å². The van der Waals surface area contributed by atoms with Gasteiger partial charge in [-0.2, -0.15) is 0 Å². The van der Waals surface area contributed by atoms with Gasteiger partial charge >= 0.3 is 0 Å². The summed E-state index contributed by atoms with van der Waals surface area (Å²) in [6, 6.07) is 16.7. The zero-order chi connectivity index (χ0) is 60.2. The number of phenolic OH excluding ortho intramolecular Hbond substituents is 1. The van der Waals surface area contributed by atoms with Crippen molar-refractivity contribution in [2.45, 2.75) is 133 Å². The summed E-state index contributed by atoms with van der Waals surface area (Å²) in [7, 11) is 0. The number of benzene rings is 4. The minimum atomic E-state index is -1.97. The Morgan fingerprint density at radius 3 is 1.81 bits per heavy atom. The van der Waals surface area contributed by atoms with Crippen molar-refractivity contribution in [2.75, 3.05) is 32.8 Å². The lowest BCUT2D eigenvalue weighted by molar-refractivity contribution is -0.150. The molecule has 3 heterocycles. The van der Waals surface area contributed by atoms with Crippen LogP contribution in [0.25, 0.3) is 22.3 Å². The molecule has 0 bridgehead atoms. The molecular formula is C59H75N9O15. The fourth-order valence-corrected chi connectivity index (χ4v) is 10.3. The number of aromatic hydroxyl groups is 1. The molecule has 8 amide bonds. The predicted octanol–water partition coefficient (Wildman–Crippen LogP) is -0.395. The lowest BCUT2D eigenvalue weighted by Gasteiger charge is -2.33. The second kappa shape index (κ2) is 28.3. The minimum Gasteiger partial charge on any atom is -0.508 e. The number of fused-ring (bicyclic) bond motifs is 2. The smallest absolute Gasteiger partial charge is 0.264 e. The zero-order valence-corrected chi connectivity index (χ0v) is 46.7. The number of phenols is 1. The molecule has 7 rings (SSSR count). The average Bonchev–Trinajstić information content (AvgIpc) is 4.28. The number of aliphatic hydroxyl groups excluding tert-OH is 5. The molecule has 0 aliphatic carbocycles. The molecule has 83 heavy (non-hydrogen) atoms. The summed E-state index contributed by atoms with van der Waals surface area (Å²) in [5.74, 6) is -8.58. The third-order valence-electron chi connectivity index (χ3n) is 15.1. The highest BCUT2D eigenvalue weighted by molar-refractivity contribution is 6.00. The Bertz CT molecular complexity index is 2930. The third-order valence-corrected chi connectivity index (χ3v) is 15.1. The zero-order valence-electron chi connectivity index (χ0n) is 46.7. The molecule has 4 aromatic rings. The Morgan fingerprint density at radius 2 is 1.24 bits per heavy atom. The molecule has 0 saturated carbocycles. The number of unbranched alkanes of at least 4 members (excludes halogenated alkanes) is 2. The molecule has 3 unspecified atom stereocenters. The summed E-state index contributed by atoms with van der Waals surface area (Å²) < 4.78 is 5.85. The molecular weight excluding hydrogens is 1070 g/mol. The molecule has 0 radical (unpaired) electrons. The van der Waals surface area contributed by atoms with Gasteiger partial charge in [-0.3, -0.25) is 48.8 Å². The molecule has 4 aromatic carbocycles. The summed E-state index contributed by atoms with van der Waals surface area (Å²) >= 11 is 0. The normalized spacial score (nSPS) is 25.1. The maximum absolute atomic E-state index is 14.6. The van der Waals surface area contributed by atoms with Crippen molar-refractivity contribution in [1.29, 1.82) is 0 Å². The number of nitrogens with zero attached hydrogens (tertiary/aromatic N) is 3. The number of nitrogens with one attached hydrogen (secondary N) is 5. The van der Waals surface area contributed by atoms with E-state index in [0.717, 1.165) is 70.9 Å². The van der Waals surface area contributed by atoms with Crippen molar-refractivity contribution in [2.24, 2.45) is 11.7 Å². The van der Waals surface area contributed by atoms with Gasteiger partial charge in [0.2, 0.25) is 29.5 Å². The molecule has 3 fully saturated rings. The van der Waals surface area contributed by atoms with Crippen LogP contribution in [0.4, 0.5) is 0 Å². The predicted molar refractivity (Wildman–Crippen MR) is 301 cm³/mol. The van der Waals surface area contributed by atoms with Crippen LogP contribution in [0.15, 0.2) is 97.1 Å². The van der Waals surface area contributed by atoms with Gasteiger partial charge in [0.05, 0.1) is 43.7 Å². The number of amides is 8. The van der Waals surface area contributed by atoms with E-state index in [9.17, 15) is 69.0 Å². The summed E-state index contributed by atoms with van der Waals surface area (Å²) in [5.41, 5.74) is 12.1. The van der Waals surface area contributed by atoms with E-state index in [1.807, 2.05) is 48.5 Å². The van der Waals surface area contributed by atoms with Gasteiger partial charge < -0.3 is 72.2 Å². The topological polar surface area (TPSA) is 363 Å². The number of hydrazine groups is 1. The van der Waals surface area contributed by atoms with E-state index in [2.05, 4.69) is 33.6 Å². The van der Waals surface area contributed by atoms with Crippen molar-refractivity contribution in [3.05, 3.63) is 108 Å².